The van der Waals surface area contributed by atoms with Crippen LogP contribution < -0.4 is 20.5 Å². The summed E-state index contributed by atoms with van der Waals surface area (Å²) in [5, 5.41) is 7.23. The van der Waals surface area contributed by atoms with Crippen LogP contribution in [0.15, 0.2) is 41.1 Å². The Labute approximate surface area is 168 Å². The molecular formula is C19H21N5O3S. The second-order valence-electron chi connectivity index (χ2n) is 5.90. The number of anilines is 1. The SMILES string of the molecule is CCOc1cc(C(Nc2ccc(-c3noc(C)n3)cc2)C(N)=S)cnc1OC. The lowest BCUT2D eigenvalue weighted by atomic mass is 10.1. The summed E-state index contributed by atoms with van der Waals surface area (Å²) in [6.45, 7) is 4.13. The number of nitrogens with one attached hydrogen (secondary N) is 1. The Balaban J connectivity index is 1.83. The first-order chi connectivity index (χ1) is 13.5. The van der Waals surface area contributed by atoms with Crippen molar-refractivity contribution < 1.29 is 14.0 Å². The van der Waals surface area contributed by atoms with Gasteiger partial charge in [0.1, 0.15) is 11.0 Å². The predicted octanol–water partition coefficient (Wildman–Crippen LogP) is 3.29. The molecule has 0 aliphatic rings. The van der Waals surface area contributed by atoms with Crippen LogP contribution in [0.2, 0.25) is 0 Å². The third-order valence-electron chi connectivity index (χ3n) is 3.93. The van der Waals surface area contributed by atoms with Crippen molar-refractivity contribution in [1.82, 2.24) is 15.1 Å². The summed E-state index contributed by atoms with van der Waals surface area (Å²) >= 11 is 5.26. The minimum Gasteiger partial charge on any atom is -0.488 e. The molecule has 0 saturated heterocycles. The van der Waals surface area contributed by atoms with Crippen molar-refractivity contribution in [2.75, 3.05) is 19.0 Å². The Hall–Kier alpha value is -3.20. The number of nitrogens with two attached hydrogens (primary N) is 1. The number of hydrogen-bond acceptors (Lipinski definition) is 8. The summed E-state index contributed by atoms with van der Waals surface area (Å²) in [6.07, 6.45) is 1.66. The fourth-order valence-corrected chi connectivity index (χ4v) is 2.83. The number of aryl methyl sites for hydroxylation is 1. The number of pyridine rings is 1. The molecule has 9 heteroatoms. The van der Waals surface area contributed by atoms with Gasteiger partial charge in [-0.05, 0) is 37.3 Å². The molecule has 2 heterocycles. The molecule has 0 amide bonds. The minimum atomic E-state index is -0.425. The highest BCUT2D eigenvalue weighted by molar-refractivity contribution is 7.80. The second kappa shape index (κ2) is 8.66. The van der Waals surface area contributed by atoms with Crippen molar-refractivity contribution in [2.24, 2.45) is 5.73 Å². The number of benzene rings is 1. The van der Waals surface area contributed by atoms with Crippen LogP contribution in [-0.2, 0) is 0 Å². The van der Waals surface area contributed by atoms with E-state index in [4.69, 9.17) is 31.9 Å². The molecule has 0 bridgehead atoms. The van der Waals surface area contributed by atoms with Crippen LogP contribution in [0, 0.1) is 6.92 Å². The van der Waals surface area contributed by atoms with Gasteiger partial charge >= 0.3 is 0 Å². The average molecular weight is 399 g/mol. The molecule has 8 nitrogen and oxygen atoms in total. The van der Waals surface area contributed by atoms with Gasteiger partial charge in [-0.3, -0.25) is 0 Å². The van der Waals surface area contributed by atoms with Gasteiger partial charge < -0.3 is 25.0 Å². The first kappa shape index (κ1) is 19.6. The highest BCUT2D eigenvalue weighted by atomic mass is 32.1. The van der Waals surface area contributed by atoms with E-state index in [-0.39, 0.29) is 4.99 Å². The molecule has 28 heavy (non-hydrogen) atoms. The maximum absolute atomic E-state index is 5.97. The average Bonchev–Trinajstić information content (AvgIpc) is 3.13. The summed E-state index contributed by atoms with van der Waals surface area (Å²) in [5.41, 5.74) is 8.42. The lowest BCUT2D eigenvalue weighted by Crippen LogP contribution is -2.26. The lowest BCUT2D eigenvalue weighted by molar-refractivity contribution is 0.303. The molecule has 0 aliphatic heterocycles. The molecule has 1 atom stereocenters. The van der Waals surface area contributed by atoms with E-state index in [0.717, 1.165) is 16.8 Å². The monoisotopic (exact) mass is 399 g/mol. The molecule has 3 rings (SSSR count). The van der Waals surface area contributed by atoms with E-state index in [1.54, 1.807) is 20.2 Å². The molecule has 2 aromatic heterocycles. The quantitative estimate of drug-likeness (QED) is 0.552. The smallest absolute Gasteiger partial charge is 0.256 e. The van der Waals surface area contributed by atoms with Crippen molar-refractivity contribution in [3.63, 3.8) is 0 Å². The largest absolute Gasteiger partial charge is 0.488 e. The van der Waals surface area contributed by atoms with E-state index < -0.39 is 6.04 Å². The maximum atomic E-state index is 5.97. The van der Waals surface area contributed by atoms with Gasteiger partial charge in [-0.2, -0.15) is 4.98 Å². The molecule has 0 aliphatic carbocycles. The number of thiocarbonyl (C=S) groups is 1. The van der Waals surface area contributed by atoms with Crippen LogP contribution >= 0.6 is 12.2 Å². The van der Waals surface area contributed by atoms with Gasteiger partial charge in [0.2, 0.25) is 11.7 Å². The number of ether oxygens (including phenoxy) is 2. The van der Waals surface area contributed by atoms with Gasteiger partial charge in [0.25, 0.3) is 5.88 Å². The number of nitrogens with zero attached hydrogens (tertiary/aromatic N) is 3. The third-order valence-corrected chi connectivity index (χ3v) is 4.17. The van der Waals surface area contributed by atoms with Gasteiger partial charge in [0.05, 0.1) is 13.7 Å². The summed E-state index contributed by atoms with van der Waals surface area (Å²) in [6, 6.07) is 8.97. The number of methoxy groups -OCH3 is 1. The van der Waals surface area contributed by atoms with Gasteiger partial charge in [-0.25, -0.2) is 4.98 Å². The molecule has 1 aromatic carbocycles. The second-order valence-corrected chi connectivity index (χ2v) is 6.37. The van der Waals surface area contributed by atoms with Crippen molar-refractivity contribution in [2.45, 2.75) is 19.9 Å². The fraction of sp³-hybridized carbons (Fsp3) is 0.263. The topological polar surface area (TPSA) is 108 Å². The zero-order valence-corrected chi connectivity index (χ0v) is 16.6. The van der Waals surface area contributed by atoms with E-state index in [1.165, 1.54) is 0 Å². The van der Waals surface area contributed by atoms with Crippen molar-refractivity contribution in [3.05, 3.63) is 48.0 Å². The number of aromatic nitrogens is 3. The number of rotatable bonds is 8. The molecular weight excluding hydrogens is 378 g/mol. The predicted molar refractivity (Wildman–Crippen MR) is 110 cm³/mol. The third kappa shape index (κ3) is 4.37. The highest BCUT2D eigenvalue weighted by Crippen LogP contribution is 2.30. The number of hydrogen-bond donors (Lipinski definition) is 2. The van der Waals surface area contributed by atoms with Crippen molar-refractivity contribution in [3.8, 4) is 23.0 Å². The van der Waals surface area contributed by atoms with Crippen LogP contribution in [0.3, 0.4) is 0 Å². The van der Waals surface area contributed by atoms with E-state index in [1.807, 2.05) is 37.3 Å². The Bertz CT molecular complexity index is 958. The minimum absolute atomic E-state index is 0.285. The van der Waals surface area contributed by atoms with Crippen LogP contribution in [0.5, 0.6) is 11.6 Å². The molecule has 3 aromatic rings. The van der Waals surface area contributed by atoms with Crippen LogP contribution in [0.25, 0.3) is 11.4 Å². The summed E-state index contributed by atoms with van der Waals surface area (Å²) in [7, 11) is 1.54. The van der Waals surface area contributed by atoms with Crippen molar-refractivity contribution >= 4 is 22.9 Å². The van der Waals surface area contributed by atoms with E-state index in [0.29, 0.717) is 30.0 Å². The molecule has 146 valence electrons. The van der Waals surface area contributed by atoms with Crippen LogP contribution in [-0.4, -0.2) is 33.8 Å². The van der Waals surface area contributed by atoms with Gasteiger partial charge in [0, 0.05) is 29.9 Å². The zero-order valence-electron chi connectivity index (χ0n) is 15.8. The lowest BCUT2D eigenvalue weighted by Gasteiger charge is -2.20. The Kier molecular flexibility index (Phi) is 6.05. The van der Waals surface area contributed by atoms with E-state index in [9.17, 15) is 0 Å². The molecule has 3 N–H and O–H groups in total. The van der Waals surface area contributed by atoms with Gasteiger partial charge in [0.15, 0.2) is 5.75 Å². The first-order valence-corrected chi connectivity index (χ1v) is 9.06. The molecule has 0 spiro atoms. The van der Waals surface area contributed by atoms with E-state index >= 15 is 0 Å². The molecule has 0 radical (unpaired) electrons. The standard InChI is InChI=1S/C19H21N5O3S/c1-4-26-15-9-13(10-21-19(15)25-3)16(17(20)28)23-14-7-5-12(6-8-14)18-22-11(2)27-24-18/h5-10,16,23H,4H2,1-3H3,(H2,20,28). The summed E-state index contributed by atoms with van der Waals surface area (Å²) < 4.78 is 15.8. The Morgan fingerprint density at radius 3 is 2.64 bits per heavy atom. The van der Waals surface area contributed by atoms with Crippen LogP contribution in [0.1, 0.15) is 24.4 Å². The first-order valence-electron chi connectivity index (χ1n) is 8.65. The summed E-state index contributed by atoms with van der Waals surface area (Å²) in [5.74, 6) is 2.00. The van der Waals surface area contributed by atoms with Crippen LogP contribution in [0.4, 0.5) is 5.69 Å². The maximum Gasteiger partial charge on any atom is 0.256 e. The molecule has 0 fully saturated rings. The normalized spacial score (nSPS) is 11.7. The zero-order chi connectivity index (χ0) is 20.1. The van der Waals surface area contributed by atoms with Gasteiger partial charge in [-0.15, -0.1) is 0 Å². The fourth-order valence-electron chi connectivity index (χ4n) is 2.63. The molecule has 0 saturated carbocycles. The Morgan fingerprint density at radius 2 is 2.07 bits per heavy atom. The van der Waals surface area contributed by atoms with Crippen molar-refractivity contribution in [1.29, 1.82) is 0 Å². The van der Waals surface area contributed by atoms with Gasteiger partial charge in [-0.1, -0.05) is 17.4 Å². The molecule has 1 unspecified atom stereocenters. The highest BCUT2D eigenvalue weighted by Gasteiger charge is 2.18. The summed E-state index contributed by atoms with van der Waals surface area (Å²) in [4.78, 5) is 8.79. The van der Waals surface area contributed by atoms with E-state index in [2.05, 4.69) is 20.4 Å². The Morgan fingerprint density at radius 1 is 1.32 bits per heavy atom.